The average molecular weight is 281 g/mol. The van der Waals surface area contributed by atoms with Crippen LogP contribution in [-0.2, 0) is 9.59 Å². The van der Waals surface area contributed by atoms with Crippen LogP contribution in [0.1, 0.15) is 12.8 Å². The topological polar surface area (TPSA) is 66.4 Å². The van der Waals surface area contributed by atoms with Crippen molar-refractivity contribution >= 4 is 17.6 Å². The van der Waals surface area contributed by atoms with Gasteiger partial charge in [-0.3, -0.25) is 9.59 Å². The fraction of sp³-hybridized carbons (Fsp3) is 0.176. The second-order valence-corrected chi connectivity index (χ2v) is 5.28. The van der Waals surface area contributed by atoms with Gasteiger partial charge in [-0.1, -0.05) is 42.5 Å². The van der Waals surface area contributed by atoms with Crippen molar-refractivity contribution in [3.05, 3.63) is 54.6 Å². The quantitative estimate of drug-likeness (QED) is 0.846. The number of carbonyl (C=O) groups excluding carboxylic acids is 1. The fourth-order valence-electron chi connectivity index (χ4n) is 2.29. The minimum atomic E-state index is -1.21. The molecule has 2 aromatic rings. The van der Waals surface area contributed by atoms with E-state index >= 15 is 0 Å². The van der Waals surface area contributed by atoms with E-state index in [1.54, 1.807) is 12.1 Å². The third-order valence-corrected chi connectivity index (χ3v) is 3.84. The standard InChI is InChI=1S/C17H15NO3/c19-15(17(10-11-17)16(20)21)18-14-8-6-13(7-9-14)12-4-2-1-3-5-12/h1-9H,10-11H2,(H,18,19)(H,20,21). The molecule has 2 aromatic carbocycles. The molecule has 2 N–H and O–H groups in total. The Hall–Kier alpha value is -2.62. The molecule has 1 saturated carbocycles. The number of nitrogens with one attached hydrogen (secondary N) is 1. The zero-order valence-electron chi connectivity index (χ0n) is 11.4. The Morgan fingerprint density at radius 3 is 2.00 bits per heavy atom. The fourth-order valence-corrected chi connectivity index (χ4v) is 2.29. The Labute approximate surface area is 122 Å². The first-order chi connectivity index (χ1) is 10.1. The maximum atomic E-state index is 12.0. The van der Waals surface area contributed by atoms with Crippen molar-refractivity contribution in [2.75, 3.05) is 5.32 Å². The summed E-state index contributed by atoms with van der Waals surface area (Å²) in [5, 5.41) is 11.8. The van der Waals surface area contributed by atoms with Crippen molar-refractivity contribution in [3.63, 3.8) is 0 Å². The SMILES string of the molecule is O=C(O)C1(C(=O)Nc2ccc(-c3ccccc3)cc2)CC1. The van der Waals surface area contributed by atoms with E-state index in [0.29, 0.717) is 18.5 Å². The smallest absolute Gasteiger partial charge is 0.319 e. The van der Waals surface area contributed by atoms with Crippen LogP contribution in [0.5, 0.6) is 0 Å². The largest absolute Gasteiger partial charge is 0.480 e. The molecule has 106 valence electrons. The number of rotatable bonds is 4. The molecule has 0 radical (unpaired) electrons. The highest BCUT2D eigenvalue weighted by Crippen LogP contribution is 2.46. The normalized spacial score (nSPS) is 15.2. The molecular formula is C17H15NO3. The van der Waals surface area contributed by atoms with Gasteiger partial charge in [0.1, 0.15) is 5.41 Å². The number of hydrogen-bond acceptors (Lipinski definition) is 2. The molecule has 0 heterocycles. The molecule has 4 nitrogen and oxygen atoms in total. The van der Waals surface area contributed by atoms with Crippen molar-refractivity contribution < 1.29 is 14.7 Å². The van der Waals surface area contributed by atoms with Crippen molar-refractivity contribution in [1.29, 1.82) is 0 Å². The van der Waals surface area contributed by atoms with Crippen molar-refractivity contribution in [2.24, 2.45) is 5.41 Å². The molecule has 0 spiro atoms. The van der Waals surface area contributed by atoms with Gasteiger partial charge in [0.15, 0.2) is 0 Å². The molecule has 0 atom stereocenters. The Balaban J connectivity index is 1.74. The third kappa shape index (κ3) is 2.52. The van der Waals surface area contributed by atoms with E-state index in [9.17, 15) is 9.59 Å². The number of carboxylic acid groups (broad SMARTS) is 1. The van der Waals surface area contributed by atoms with Gasteiger partial charge in [0, 0.05) is 5.69 Å². The molecule has 0 bridgehead atoms. The Bertz CT molecular complexity index is 673. The molecule has 0 saturated heterocycles. The second-order valence-electron chi connectivity index (χ2n) is 5.28. The molecule has 0 unspecified atom stereocenters. The van der Waals surface area contributed by atoms with E-state index in [4.69, 9.17) is 5.11 Å². The van der Waals surface area contributed by atoms with E-state index in [1.165, 1.54) is 0 Å². The van der Waals surface area contributed by atoms with Gasteiger partial charge in [0.05, 0.1) is 0 Å². The highest BCUT2D eigenvalue weighted by atomic mass is 16.4. The summed E-state index contributed by atoms with van der Waals surface area (Å²) in [6, 6.07) is 17.3. The van der Waals surface area contributed by atoms with Crippen LogP contribution in [0, 0.1) is 5.41 Å². The van der Waals surface area contributed by atoms with Crippen molar-refractivity contribution in [3.8, 4) is 11.1 Å². The summed E-state index contributed by atoms with van der Waals surface area (Å²) >= 11 is 0. The van der Waals surface area contributed by atoms with Gasteiger partial charge in [-0.25, -0.2) is 0 Å². The molecule has 3 rings (SSSR count). The van der Waals surface area contributed by atoms with E-state index < -0.39 is 17.3 Å². The predicted molar refractivity (Wildman–Crippen MR) is 79.8 cm³/mol. The maximum Gasteiger partial charge on any atom is 0.319 e. The van der Waals surface area contributed by atoms with Gasteiger partial charge in [0.25, 0.3) is 0 Å². The molecule has 1 aliphatic carbocycles. The number of hydrogen-bond donors (Lipinski definition) is 2. The monoisotopic (exact) mass is 281 g/mol. The van der Waals surface area contributed by atoms with Gasteiger partial charge in [0.2, 0.25) is 5.91 Å². The lowest BCUT2D eigenvalue weighted by Gasteiger charge is -2.11. The van der Waals surface area contributed by atoms with E-state index in [2.05, 4.69) is 5.32 Å². The van der Waals surface area contributed by atoms with Crippen LogP contribution in [0.3, 0.4) is 0 Å². The van der Waals surface area contributed by atoms with Gasteiger partial charge < -0.3 is 10.4 Å². The molecule has 21 heavy (non-hydrogen) atoms. The Morgan fingerprint density at radius 1 is 0.905 bits per heavy atom. The van der Waals surface area contributed by atoms with Crippen LogP contribution in [-0.4, -0.2) is 17.0 Å². The maximum absolute atomic E-state index is 12.0. The first kappa shape index (κ1) is 13.4. The first-order valence-electron chi connectivity index (χ1n) is 6.82. The minimum absolute atomic E-state index is 0.413. The lowest BCUT2D eigenvalue weighted by molar-refractivity contribution is -0.147. The van der Waals surface area contributed by atoms with Gasteiger partial charge in [-0.05, 0) is 36.1 Å². The molecule has 0 aromatic heterocycles. The summed E-state index contributed by atoms with van der Waals surface area (Å²) in [6.45, 7) is 0. The van der Waals surface area contributed by atoms with Crippen molar-refractivity contribution in [2.45, 2.75) is 12.8 Å². The molecule has 1 aliphatic rings. The number of benzene rings is 2. The van der Waals surface area contributed by atoms with Crippen LogP contribution >= 0.6 is 0 Å². The van der Waals surface area contributed by atoms with E-state index in [1.807, 2.05) is 42.5 Å². The highest BCUT2D eigenvalue weighted by Gasteiger charge is 2.57. The molecule has 1 fully saturated rings. The zero-order chi connectivity index (χ0) is 14.9. The summed E-state index contributed by atoms with van der Waals surface area (Å²) < 4.78 is 0. The number of carboxylic acids is 1. The minimum Gasteiger partial charge on any atom is -0.480 e. The summed E-state index contributed by atoms with van der Waals surface area (Å²) in [7, 11) is 0. The first-order valence-corrected chi connectivity index (χ1v) is 6.82. The molecular weight excluding hydrogens is 266 g/mol. The highest BCUT2D eigenvalue weighted by molar-refractivity contribution is 6.10. The number of anilines is 1. The number of carbonyl (C=O) groups is 2. The lowest BCUT2D eigenvalue weighted by Crippen LogP contribution is -2.31. The lowest BCUT2D eigenvalue weighted by atomic mass is 10.0. The summed E-state index contributed by atoms with van der Waals surface area (Å²) in [5.74, 6) is -1.47. The predicted octanol–water partition coefficient (Wildman–Crippen LogP) is 3.16. The van der Waals surface area contributed by atoms with E-state index in [-0.39, 0.29) is 0 Å². The zero-order valence-corrected chi connectivity index (χ0v) is 11.4. The van der Waals surface area contributed by atoms with Crippen molar-refractivity contribution in [1.82, 2.24) is 0 Å². The Kier molecular flexibility index (Phi) is 3.22. The van der Waals surface area contributed by atoms with E-state index in [0.717, 1.165) is 11.1 Å². The summed E-state index contributed by atoms with van der Waals surface area (Å²) in [6.07, 6.45) is 0.826. The molecule has 4 heteroatoms. The second kappa shape index (κ2) is 5.05. The summed E-state index contributed by atoms with van der Waals surface area (Å²) in [5.41, 5.74) is 1.55. The van der Waals surface area contributed by atoms with Crippen LogP contribution in [0.2, 0.25) is 0 Å². The van der Waals surface area contributed by atoms with Crippen LogP contribution < -0.4 is 5.32 Å². The molecule has 1 amide bonds. The van der Waals surface area contributed by atoms with Crippen LogP contribution in [0.4, 0.5) is 5.69 Å². The van der Waals surface area contributed by atoms with Gasteiger partial charge in [-0.15, -0.1) is 0 Å². The number of amides is 1. The van der Waals surface area contributed by atoms with Gasteiger partial charge in [-0.2, -0.15) is 0 Å². The van der Waals surface area contributed by atoms with Gasteiger partial charge >= 0.3 is 5.97 Å². The third-order valence-electron chi connectivity index (χ3n) is 3.84. The Morgan fingerprint density at radius 2 is 1.48 bits per heavy atom. The van der Waals surface area contributed by atoms with Crippen LogP contribution in [0.25, 0.3) is 11.1 Å². The summed E-state index contributed by atoms with van der Waals surface area (Å²) in [4.78, 5) is 23.1. The van der Waals surface area contributed by atoms with Crippen LogP contribution in [0.15, 0.2) is 54.6 Å². The number of aliphatic carboxylic acids is 1. The molecule has 0 aliphatic heterocycles. The average Bonchev–Trinajstić information content (AvgIpc) is 3.31.